The molecule has 1 aromatic rings. The van der Waals surface area contributed by atoms with Gasteiger partial charge in [0, 0.05) is 45.2 Å². The molecular formula is C25H29N5O3S. The molecule has 0 radical (unpaired) electrons. The fraction of sp³-hybridized carbons (Fsp3) is 0.400. The zero-order valence-corrected chi connectivity index (χ0v) is 19.9. The Bertz CT molecular complexity index is 1170. The molecular weight excluding hydrogens is 450 g/mol. The second kappa shape index (κ2) is 8.32. The second-order valence-corrected chi connectivity index (χ2v) is 10.6. The van der Waals surface area contributed by atoms with Gasteiger partial charge in [-0.2, -0.15) is 0 Å². The van der Waals surface area contributed by atoms with E-state index in [1.807, 2.05) is 41.3 Å². The van der Waals surface area contributed by atoms with Crippen molar-refractivity contribution in [2.45, 2.75) is 23.5 Å². The molecule has 1 saturated heterocycles. The minimum Gasteiger partial charge on any atom is -0.493 e. The van der Waals surface area contributed by atoms with Gasteiger partial charge in [-0.1, -0.05) is 30.4 Å². The Balaban J connectivity index is 1.08. The molecule has 4 atom stereocenters. The number of para-hydroxylation sites is 1. The zero-order chi connectivity index (χ0) is 23.3. The van der Waals surface area contributed by atoms with Gasteiger partial charge in [0.2, 0.25) is 0 Å². The number of ether oxygens (including phenoxy) is 1. The van der Waals surface area contributed by atoms with Crippen molar-refractivity contribution in [2.75, 3.05) is 44.6 Å². The quantitative estimate of drug-likeness (QED) is 0.594. The standard InChI is InChI=1S/C25H29N5O3S/c1-25(30-14-12-29(13-15-30)24(31)20-9-11-26-20)19-8-7-18(16-33-23(19)25)28-34(32)21-6-2-4-17-5-3-10-27-22(17)21/h2-9,16,19,23,26-28H,10-15H2,1H3/t19?,23-,25?,34?/m0/s1. The summed E-state index contributed by atoms with van der Waals surface area (Å²) in [5.74, 6) is 0.362. The normalized spacial score (nSPS) is 30.1. The Morgan fingerprint density at radius 1 is 1.18 bits per heavy atom. The summed E-state index contributed by atoms with van der Waals surface area (Å²) in [6, 6.07) is 5.82. The highest BCUT2D eigenvalue weighted by molar-refractivity contribution is 7.83. The summed E-state index contributed by atoms with van der Waals surface area (Å²) in [5, 5.41) is 6.39. The Labute approximate surface area is 202 Å². The number of piperazine rings is 1. The molecule has 0 bridgehead atoms. The Morgan fingerprint density at radius 3 is 2.76 bits per heavy atom. The van der Waals surface area contributed by atoms with E-state index in [4.69, 9.17) is 4.74 Å². The molecule has 0 spiro atoms. The first-order valence-corrected chi connectivity index (χ1v) is 12.9. The smallest absolute Gasteiger partial charge is 0.269 e. The predicted octanol–water partition coefficient (Wildman–Crippen LogP) is 1.55. The molecule has 4 aliphatic heterocycles. The lowest BCUT2D eigenvalue weighted by Gasteiger charge is -2.39. The lowest BCUT2D eigenvalue weighted by Crippen LogP contribution is -2.55. The first-order valence-electron chi connectivity index (χ1n) is 11.8. The van der Waals surface area contributed by atoms with E-state index >= 15 is 0 Å². The minimum atomic E-state index is -1.41. The first kappa shape index (κ1) is 21.5. The molecule has 1 aliphatic carbocycles. The van der Waals surface area contributed by atoms with Gasteiger partial charge in [0.05, 0.1) is 27.5 Å². The van der Waals surface area contributed by atoms with Crippen LogP contribution in [-0.2, 0) is 20.5 Å². The minimum absolute atomic E-state index is 0.0473. The van der Waals surface area contributed by atoms with E-state index in [0.717, 1.165) is 61.1 Å². The van der Waals surface area contributed by atoms with Gasteiger partial charge in [-0.25, -0.2) is 4.21 Å². The van der Waals surface area contributed by atoms with Gasteiger partial charge >= 0.3 is 0 Å². The summed E-state index contributed by atoms with van der Waals surface area (Å²) >= 11 is 0. The van der Waals surface area contributed by atoms with Crippen LogP contribution >= 0.6 is 0 Å². The number of nitrogens with one attached hydrogen (secondary N) is 3. The number of rotatable bonds is 5. The van der Waals surface area contributed by atoms with Crippen molar-refractivity contribution in [3.63, 3.8) is 0 Å². The van der Waals surface area contributed by atoms with Crippen molar-refractivity contribution >= 4 is 28.7 Å². The number of carbonyl (C=O) groups is 1. The maximum absolute atomic E-state index is 13.1. The topological polar surface area (TPSA) is 85.9 Å². The van der Waals surface area contributed by atoms with Crippen molar-refractivity contribution in [3.05, 3.63) is 65.7 Å². The van der Waals surface area contributed by atoms with E-state index in [0.29, 0.717) is 5.70 Å². The van der Waals surface area contributed by atoms with Crippen molar-refractivity contribution in [2.24, 2.45) is 5.92 Å². The maximum atomic E-state index is 13.1. The lowest BCUT2D eigenvalue weighted by molar-refractivity contribution is -0.130. The van der Waals surface area contributed by atoms with E-state index in [-0.39, 0.29) is 23.5 Å². The number of fused-ring (bicyclic) bond motifs is 2. The van der Waals surface area contributed by atoms with Gasteiger partial charge in [-0.15, -0.1) is 0 Å². The van der Waals surface area contributed by atoms with Crippen LogP contribution in [0.2, 0.25) is 0 Å². The average Bonchev–Trinajstić information content (AvgIpc) is 3.48. The maximum Gasteiger partial charge on any atom is 0.269 e. The lowest BCUT2D eigenvalue weighted by atomic mass is 10.1. The third kappa shape index (κ3) is 3.54. The Kier molecular flexibility index (Phi) is 5.26. The molecule has 1 amide bonds. The van der Waals surface area contributed by atoms with Gasteiger partial charge in [0.1, 0.15) is 12.4 Å². The largest absolute Gasteiger partial charge is 0.493 e. The van der Waals surface area contributed by atoms with Crippen molar-refractivity contribution in [1.29, 1.82) is 0 Å². The van der Waals surface area contributed by atoms with Crippen LogP contribution in [0.25, 0.3) is 6.08 Å². The van der Waals surface area contributed by atoms with Crippen LogP contribution in [0.15, 0.2) is 65.1 Å². The summed E-state index contributed by atoms with van der Waals surface area (Å²) in [6.45, 7) is 6.86. The third-order valence-electron chi connectivity index (χ3n) is 7.53. The highest BCUT2D eigenvalue weighted by atomic mass is 32.2. The van der Waals surface area contributed by atoms with Gasteiger partial charge in [-0.3, -0.25) is 14.4 Å². The van der Waals surface area contributed by atoms with Crippen molar-refractivity contribution < 1.29 is 13.7 Å². The van der Waals surface area contributed by atoms with Crippen LogP contribution in [0.3, 0.4) is 0 Å². The summed E-state index contributed by atoms with van der Waals surface area (Å²) < 4.78 is 22.3. The average molecular weight is 480 g/mol. The first-order chi connectivity index (χ1) is 16.6. The van der Waals surface area contributed by atoms with E-state index in [1.54, 1.807) is 6.26 Å². The highest BCUT2D eigenvalue weighted by Crippen LogP contribution is 2.53. The molecule has 0 aromatic heterocycles. The molecule has 4 heterocycles. The Morgan fingerprint density at radius 2 is 2.00 bits per heavy atom. The van der Waals surface area contributed by atoms with Gasteiger partial charge in [-0.05, 0) is 30.7 Å². The van der Waals surface area contributed by atoms with Crippen LogP contribution in [0.5, 0.6) is 0 Å². The van der Waals surface area contributed by atoms with Crippen LogP contribution in [0.4, 0.5) is 5.69 Å². The number of nitrogens with zero attached hydrogens (tertiary/aromatic N) is 2. The number of amides is 1. The third-order valence-corrected chi connectivity index (χ3v) is 8.69. The van der Waals surface area contributed by atoms with Gasteiger partial charge in [0.25, 0.3) is 5.91 Å². The monoisotopic (exact) mass is 479 g/mol. The number of hydrogen-bond donors (Lipinski definition) is 3. The molecule has 9 heteroatoms. The van der Waals surface area contributed by atoms with E-state index in [9.17, 15) is 9.00 Å². The van der Waals surface area contributed by atoms with E-state index in [1.165, 1.54) is 0 Å². The molecule has 6 rings (SSSR count). The zero-order valence-electron chi connectivity index (χ0n) is 19.1. The van der Waals surface area contributed by atoms with Crippen LogP contribution < -0.4 is 15.4 Å². The summed E-state index contributed by atoms with van der Waals surface area (Å²) in [6.07, 6.45) is 11.9. The van der Waals surface area contributed by atoms with Crippen LogP contribution in [0, 0.1) is 5.92 Å². The van der Waals surface area contributed by atoms with E-state index < -0.39 is 11.0 Å². The molecule has 34 heavy (non-hydrogen) atoms. The molecule has 5 aliphatic rings. The summed E-state index contributed by atoms with van der Waals surface area (Å²) in [5.41, 5.74) is 3.30. The highest BCUT2D eigenvalue weighted by Gasteiger charge is 2.66. The molecule has 178 valence electrons. The van der Waals surface area contributed by atoms with Crippen LogP contribution in [-0.4, -0.2) is 70.8 Å². The fourth-order valence-corrected chi connectivity index (χ4v) is 6.34. The number of hydrogen-bond acceptors (Lipinski definition) is 6. The molecule has 8 nitrogen and oxygen atoms in total. The van der Waals surface area contributed by atoms with Crippen molar-refractivity contribution in [1.82, 2.24) is 19.8 Å². The predicted molar refractivity (Wildman–Crippen MR) is 132 cm³/mol. The van der Waals surface area contributed by atoms with E-state index in [2.05, 4.69) is 39.3 Å². The fourth-order valence-electron chi connectivity index (χ4n) is 5.32. The van der Waals surface area contributed by atoms with Gasteiger partial charge < -0.3 is 20.3 Å². The SMILES string of the molecule is CC1(N2CCN(C(=O)C3=CCN3)CC2)C2C=CC(NS(=O)c3cccc4c3NCC=C4)=CO[C@@H]21. The molecule has 3 N–H and O–H groups in total. The number of carbonyl (C=O) groups excluding carboxylic acids is 1. The molecule has 1 aromatic carbocycles. The summed E-state index contributed by atoms with van der Waals surface area (Å²) in [7, 11) is -1.41. The second-order valence-electron chi connectivity index (χ2n) is 9.39. The Hall–Kier alpha value is -3.04. The van der Waals surface area contributed by atoms with Crippen molar-refractivity contribution in [3.8, 4) is 0 Å². The molecule has 2 fully saturated rings. The van der Waals surface area contributed by atoms with Crippen LogP contribution in [0.1, 0.15) is 12.5 Å². The number of benzene rings is 1. The molecule has 3 unspecified atom stereocenters. The summed E-state index contributed by atoms with van der Waals surface area (Å²) in [4.78, 5) is 17.6. The number of allylic oxidation sites excluding steroid dienone is 1. The molecule has 1 saturated carbocycles. The van der Waals surface area contributed by atoms with Gasteiger partial charge in [0.15, 0.2) is 11.0 Å². The number of anilines is 1.